The molecule has 2 aliphatic rings. The number of urea groups is 1. The smallest absolute Gasteiger partial charge is 0.330 e. The van der Waals surface area contributed by atoms with Crippen LogP contribution >= 0.6 is 0 Å². The molecule has 0 atom stereocenters. The molecule has 0 radical (unpaired) electrons. The minimum atomic E-state index is -0.0913. The lowest BCUT2D eigenvalue weighted by atomic mass is 10.1. The molecule has 2 aromatic heterocycles. The second-order valence-corrected chi connectivity index (χ2v) is 7.33. The van der Waals surface area contributed by atoms with Gasteiger partial charge in [0.1, 0.15) is 0 Å². The highest BCUT2D eigenvalue weighted by Gasteiger charge is 2.41. The number of hydrogen-bond donors (Lipinski definition) is 2. The summed E-state index contributed by atoms with van der Waals surface area (Å²) in [7, 11) is 1.56. The predicted molar refractivity (Wildman–Crippen MR) is 113 cm³/mol. The Morgan fingerprint density at radius 1 is 1.17 bits per heavy atom. The van der Waals surface area contributed by atoms with E-state index in [1.807, 2.05) is 23.1 Å². The van der Waals surface area contributed by atoms with Crippen LogP contribution in [0.1, 0.15) is 18.4 Å². The van der Waals surface area contributed by atoms with Crippen molar-refractivity contribution in [3.8, 4) is 5.88 Å². The maximum Gasteiger partial charge on any atom is 0.330 e. The third-order valence-electron chi connectivity index (χ3n) is 5.15. The Labute approximate surface area is 173 Å². The van der Waals surface area contributed by atoms with Gasteiger partial charge >= 0.3 is 6.03 Å². The van der Waals surface area contributed by atoms with Crippen molar-refractivity contribution in [1.82, 2.24) is 19.9 Å². The average Bonchev–Trinajstić information content (AvgIpc) is 3.59. The molecular formula is C21H21N7O2. The molecule has 5 rings (SSSR count). The van der Waals surface area contributed by atoms with Gasteiger partial charge in [0.05, 0.1) is 31.2 Å². The van der Waals surface area contributed by atoms with E-state index in [1.54, 1.807) is 42.6 Å². The summed E-state index contributed by atoms with van der Waals surface area (Å²) >= 11 is 0. The van der Waals surface area contributed by atoms with Crippen LogP contribution in [-0.4, -0.2) is 39.0 Å². The lowest BCUT2D eigenvalue weighted by Crippen LogP contribution is -2.46. The van der Waals surface area contributed by atoms with Gasteiger partial charge in [-0.3, -0.25) is 0 Å². The molecular weight excluding hydrogens is 382 g/mol. The molecule has 1 aliphatic heterocycles. The van der Waals surface area contributed by atoms with Crippen LogP contribution in [0.3, 0.4) is 0 Å². The van der Waals surface area contributed by atoms with Gasteiger partial charge in [-0.25, -0.2) is 19.7 Å². The molecule has 9 heteroatoms. The molecule has 30 heavy (non-hydrogen) atoms. The standard InChI is InChI=1S/C21H21N7O2/c1-30-18-8-5-15(11-23-18)25-20-24-10-13-12-27(16-6-7-16)21(29)28(19(13)26-20)17-4-2-3-14(22)9-17/h2-5,8-11,16H,6-7,12,22H2,1H3,(H,24,25,26). The summed E-state index contributed by atoms with van der Waals surface area (Å²) in [5, 5.41) is 3.13. The summed E-state index contributed by atoms with van der Waals surface area (Å²) in [5.74, 6) is 1.45. The number of amides is 2. The number of carbonyl (C=O) groups is 1. The third-order valence-corrected chi connectivity index (χ3v) is 5.15. The van der Waals surface area contributed by atoms with Crippen LogP contribution in [-0.2, 0) is 6.54 Å². The predicted octanol–water partition coefficient (Wildman–Crippen LogP) is 3.44. The van der Waals surface area contributed by atoms with Crippen LogP contribution in [0, 0.1) is 0 Å². The van der Waals surface area contributed by atoms with E-state index < -0.39 is 0 Å². The molecule has 152 valence electrons. The van der Waals surface area contributed by atoms with Gasteiger partial charge in [-0.1, -0.05) is 6.07 Å². The van der Waals surface area contributed by atoms with Crippen LogP contribution in [0.5, 0.6) is 5.88 Å². The van der Waals surface area contributed by atoms with Gasteiger partial charge in [0.15, 0.2) is 5.82 Å². The molecule has 2 amide bonds. The minimum Gasteiger partial charge on any atom is -0.481 e. The molecule has 3 heterocycles. The minimum absolute atomic E-state index is 0.0913. The van der Waals surface area contributed by atoms with Gasteiger partial charge in [0.25, 0.3) is 0 Å². The number of methoxy groups -OCH3 is 1. The maximum atomic E-state index is 13.3. The molecule has 1 fully saturated rings. The molecule has 0 bridgehead atoms. The van der Waals surface area contributed by atoms with Crippen LogP contribution < -0.4 is 20.7 Å². The van der Waals surface area contributed by atoms with Gasteiger partial charge in [-0.05, 0) is 37.1 Å². The van der Waals surface area contributed by atoms with E-state index in [0.29, 0.717) is 41.3 Å². The SMILES string of the molecule is COc1ccc(Nc2ncc3c(n2)N(c2cccc(N)c2)C(=O)N(C2CC2)C3)cn1. The highest BCUT2D eigenvalue weighted by molar-refractivity contribution is 6.01. The summed E-state index contributed by atoms with van der Waals surface area (Å²) in [6.07, 6.45) is 5.45. The number of anilines is 5. The van der Waals surface area contributed by atoms with E-state index in [1.165, 1.54) is 0 Å². The maximum absolute atomic E-state index is 13.3. The molecule has 9 nitrogen and oxygen atoms in total. The normalized spacial score (nSPS) is 15.7. The van der Waals surface area contributed by atoms with Crippen LogP contribution in [0.4, 0.5) is 33.6 Å². The highest BCUT2D eigenvalue weighted by atomic mass is 16.5. The molecule has 0 saturated heterocycles. The summed E-state index contributed by atoms with van der Waals surface area (Å²) in [6, 6.07) is 11.0. The Hall–Kier alpha value is -3.88. The topological polar surface area (TPSA) is 110 Å². The lowest BCUT2D eigenvalue weighted by molar-refractivity contribution is 0.198. The van der Waals surface area contributed by atoms with Crippen molar-refractivity contribution in [2.75, 3.05) is 23.1 Å². The summed E-state index contributed by atoms with van der Waals surface area (Å²) < 4.78 is 5.08. The van der Waals surface area contributed by atoms with E-state index in [2.05, 4.69) is 20.3 Å². The van der Waals surface area contributed by atoms with Gasteiger partial charge < -0.3 is 20.7 Å². The average molecular weight is 403 g/mol. The van der Waals surface area contributed by atoms with Crippen molar-refractivity contribution in [2.45, 2.75) is 25.4 Å². The van der Waals surface area contributed by atoms with Crippen molar-refractivity contribution < 1.29 is 9.53 Å². The van der Waals surface area contributed by atoms with E-state index in [9.17, 15) is 4.79 Å². The Morgan fingerprint density at radius 2 is 2.03 bits per heavy atom. The first-order valence-electron chi connectivity index (χ1n) is 9.71. The van der Waals surface area contributed by atoms with Crippen molar-refractivity contribution >= 4 is 34.9 Å². The number of carbonyl (C=O) groups excluding carboxylic acids is 1. The number of nitrogens with zero attached hydrogens (tertiary/aromatic N) is 5. The third kappa shape index (κ3) is 3.34. The van der Waals surface area contributed by atoms with Crippen molar-refractivity contribution in [3.05, 3.63) is 54.4 Å². The van der Waals surface area contributed by atoms with Crippen LogP contribution in [0.15, 0.2) is 48.8 Å². The highest BCUT2D eigenvalue weighted by Crippen LogP contribution is 2.39. The van der Waals surface area contributed by atoms with Crippen molar-refractivity contribution in [2.24, 2.45) is 0 Å². The summed E-state index contributed by atoms with van der Waals surface area (Å²) in [5.41, 5.74) is 8.85. The van der Waals surface area contributed by atoms with Gasteiger partial charge in [-0.2, -0.15) is 4.98 Å². The van der Waals surface area contributed by atoms with Gasteiger partial charge in [0.2, 0.25) is 11.8 Å². The quantitative estimate of drug-likeness (QED) is 0.628. The second kappa shape index (κ2) is 7.18. The molecule has 1 aromatic carbocycles. The van der Waals surface area contributed by atoms with Crippen molar-refractivity contribution in [1.29, 1.82) is 0 Å². The zero-order valence-electron chi connectivity index (χ0n) is 16.4. The fourth-order valence-corrected chi connectivity index (χ4v) is 3.51. The first-order valence-corrected chi connectivity index (χ1v) is 9.71. The number of fused-ring (bicyclic) bond motifs is 1. The van der Waals surface area contributed by atoms with E-state index in [-0.39, 0.29) is 12.1 Å². The first kappa shape index (κ1) is 18.2. The Bertz CT molecular complexity index is 1100. The fraction of sp³-hybridized carbons (Fsp3) is 0.238. The van der Waals surface area contributed by atoms with E-state index in [0.717, 1.165) is 18.4 Å². The number of nitrogens with one attached hydrogen (secondary N) is 1. The Morgan fingerprint density at radius 3 is 2.73 bits per heavy atom. The molecule has 3 N–H and O–H groups in total. The summed E-state index contributed by atoms with van der Waals surface area (Å²) in [6.45, 7) is 0.502. The first-order chi connectivity index (χ1) is 14.6. The monoisotopic (exact) mass is 403 g/mol. The molecule has 0 spiro atoms. The number of pyridine rings is 1. The number of benzene rings is 1. The van der Waals surface area contributed by atoms with Crippen molar-refractivity contribution in [3.63, 3.8) is 0 Å². The number of nitrogen functional groups attached to an aromatic ring is 1. The molecule has 3 aromatic rings. The Balaban J connectivity index is 1.52. The van der Waals surface area contributed by atoms with Crippen LogP contribution in [0.25, 0.3) is 0 Å². The second-order valence-electron chi connectivity index (χ2n) is 7.33. The van der Waals surface area contributed by atoms with Gasteiger partial charge in [0, 0.05) is 29.6 Å². The van der Waals surface area contributed by atoms with E-state index >= 15 is 0 Å². The number of nitrogens with two attached hydrogens (primary N) is 1. The summed E-state index contributed by atoms with van der Waals surface area (Å²) in [4.78, 5) is 30.1. The molecule has 0 unspecified atom stereocenters. The largest absolute Gasteiger partial charge is 0.481 e. The molecule has 1 saturated carbocycles. The number of hydrogen-bond acceptors (Lipinski definition) is 7. The molecule has 1 aliphatic carbocycles. The zero-order chi connectivity index (χ0) is 20.7. The lowest BCUT2D eigenvalue weighted by Gasteiger charge is -2.36. The van der Waals surface area contributed by atoms with Crippen LogP contribution in [0.2, 0.25) is 0 Å². The number of ether oxygens (including phenoxy) is 1. The Kier molecular flexibility index (Phi) is 4.35. The zero-order valence-corrected chi connectivity index (χ0v) is 16.4. The van der Waals surface area contributed by atoms with E-state index in [4.69, 9.17) is 10.5 Å². The number of aromatic nitrogens is 3. The fourth-order valence-electron chi connectivity index (χ4n) is 3.51. The number of rotatable bonds is 5. The van der Waals surface area contributed by atoms with Gasteiger partial charge in [-0.15, -0.1) is 0 Å².